The molecule has 0 N–H and O–H groups in total. The molecule has 5 heteroatoms. The number of esters is 2. The number of unbranched alkanes of at least 4 members (excludes halogenated alkanes) is 2. The van der Waals surface area contributed by atoms with E-state index in [1.165, 1.54) is 5.56 Å². The summed E-state index contributed by atoms with van der Waals surface area (Å²) >= 11 is 0. The maximum atomic E-state index is 12.5. The number of likely N-dealkylation sites (tertiary alicyclic amines) is 1. The number of hydrogen-bond donors (Lipinski definition) is 0. The Morgan fingerprint density at radius 1 is 0.923 bits per heavy atom. The van der Waals surface area contributed by atoms with Gasteiger partial charge < -0.3 is 9.47 Å². The first-order valence-electron chi connectivity index (χ1n) is 9.75. The Hall–Kier alpha value is -1.88. The third-order valence-electron chi connectivity index (χ3n) is 4.73. The summed E-state index contributed by atoms with van der Waals surface area (Å²) in [6.07, 6.45) is 3.64. The lowest BCUT2D eigenvalue weighted by atomic mass is 9.96. The lowest BCUT2D eigenvalue weighted by Crippen LogP contribution is -2.31. The van der Waals surface area contributed by atoms with Gasteiger partial charge in [-0.1, -0.05) is 57.0 Å². The van der Waals surface area contributed by atoms with Crippen molar-refractivity contribution in [2.75, 3.05) is 26.3 Å². The molecule has 1 aliphatic heterocycles. The fourth-order valence-corrected chi connectivity index (χ4v) is 3.18. The van der Waals surface area contributed by atoms with Crippen LogP contribution in [-0.2, 0) is 25.6 Å². The van der Waals surface area contributed by atoms with Crippen molar-refractivity contribution in [2.24, 2.45) is 11.8 Å². The van der Waals surface area contributed by atoms with Crippen molar-refractivity contribution in [3.63, 3.8) is 0 Å². The van der Waals surface area contributed by atoms with Gasteiger partial charge >= 0.3 is 11.9 Å². The van der Waals surface area contributed by atoms with E-state index >= 15 is 0 Å². The number of hydrogen-bond acceptors (Lipinski definition) is 5. The topological polar surface area (TPSA) is 55.8 Å². The summed E-state index contributed by atoms with van der Waals surface area (Å²) in [5.41, 5.74) is 1.17. The largest absolute Gasteiger partial charge is 0.465 e. The second kappa shape index (κ2) is 11.0. The van der Waals surface area contributed by atoms with E-state index in [0.717, 1.165) is 32.2 Å². The van der Waals surface area contributed by atoms with E-state index in [9.17, 15) is 9.59 Å². The quantitative estimate of drug-likeness (QED) is 0.472. The number of nitrogens with zero attached hydrogens (tertiary/aromatic N) is 1. The molecule has 1 fully saturated rings. The number of rotatable bonds is 10. The molecule has 2 rings (SSSR count). The van der Waals surface area contributed by atoms with Crippen LogP contribution in [0, 0.1) is 11.8 Å². The third kappa shape index (κ3) is 6.13. The first-order valence-corrected chi connectivity index (χ1v) is 9.75. The van der Waals surface area contributed by atoms with Crippen molar-refractivity contribution in [1.29, 1.82) is 0 Å². The Labute approximate surface area is 156 Å². The summed E-state index contributed by atoms with van der Waals surface area (Å²) < 4.78 is 10.8. The minimum Gasteiger partial charge on any atom is -0.465 e. The standard InChI is InChI=1S/C21H31NO4/c1-3-5-12-25-20(23)18-15-22(14-17-10-8-7-9-11-17)16-19(18)21(24)26-13-6-4-2/h7-11,18-19H,3-6,12-16H2,1-2H3/t18-,19?/m1/s1. The zero-order valence-electron chi connectivity index (χ0n) is 16.0. The van der Waals surface area contributed by atoms with Gasteiger partial charge in [-0.15, -0.1) is 0 Å². The molecule has 2 atom stereocenters. The lowest BCUT2D eigenvalue weighted by Gasteiger charge is -2.16. The van der Waals surface area contributed by atoms with Gasteiger partial charge in [-0.3, -0.25) is 14.5 Å². The second-order valence-corrected chi connectivity index (χ2v) is 6.93. The molecule has 144 valence electrons. The van der Waals surface area contributed by atoms with Gasteiger partial charge in [-0.05, 0) is 18.4 Å². The van der Waals surface area contributed by atoms with Gasteiger partial charge in [0.05, 0.1) is 25.0 Å². The van der Waals surface area contributed by atoms with E-state index < -0.39 is 11.8 Å². The second-order valence-electron chi connectivity index (χ2n) is 6.93. The predicted molar refractivity (Wildman–Crippen MR) is 100 cm³/mol. The van der Waals surface area contributed by atoms with Crippen LogP contribution in [0.25, 0.3) is 0 Å². The molecular weight excluding hydrogens is 330 g/mol. The summed E-state index contributed by atoms with van der Waals surface area (Å²) in [6.45, 7) is 6.74. The molecule has 1 heterocycles. The predicted octanol–water partition coefficient (Wildman–Crippen LogP) is 3.42. The molecule has 26 heavy (non-hydrogen) atoms. The van der Waals surface area contributed by atoms with Crippen LogP contribution in [-0.4, -0.2) is 43.1 Å². The van der Waals surface area contributed by atoms with Gasteiger partial charge in [-0.25, -0.2) is 0 Å². The maximum Gasteiger partial charge on any atom is 0.311 e. The van der Waals surface area contributed by atoms with Crippen molar-refractivity contribution in [3.05, 3.63) is 35.9 Å². The molecule has 1 aromatic rings. The molecule has 0 saturated carbocycles. The fraction of sp³-hybridized carbons (Fsp3) is 0.619. The van der Waals surface area contributed by atoms with E-state index in [0.29, 0.717) is 26.3 Å². The van der Waals surface area contributed by atoms with Crippen LogP contribution >= 0.6 is 0 Å². The number of carbonyl (C=O) groups excluding carboxylic acids is 2. The van der Waals surface area contributed by atoms with Crippen LogP contribution < -0.4 is 0 Å². The van der Waals surface area contributed by atoms with Gasteiger partial charge in [0.1, 0.15) is 0 Å². The molecule has 1 unspecified atom stereocenters. The highest BCUT2D eigenvalue weighted by molar-refractivity contribution is 5.83. The Kier molecular flexibility index (Phi) is 8.62. The first-order chi connectivity index (χ1) is 12.7. The SMILES string of the molecule is CCCCOC(=O)C1CN(Cc2ccccc2)C[C@H]1C(=O)OCCCC. The fourth-order valence-electron chi connectivity index (χ4n) is 3.18. The number of carbonyl (C=O) groups is 2. The first kappa shape index (κ1) is 20.4. The normalized spacial score (nSPS) is 20.1. The molecule has 1 saturated heterocycles. The highest BCUT2D eigenvalue weighted by Crippen LogP contribution is 2.27. The minimum atomic E-state index is -0.440. The Morgan fingerprint density at radius 2 is 1.42 bits per heavy atom. The maximum absolute atomic E-state index is 12.5. The zero-order valence-corrected chi connectivity index (χ0v) is 16.0. The van der Waals surface area contributed by atoms with Crippen LogP contribution in [0.3, 0.4) is 0 Å². The molecule has 0 aromatic heterocycles. The molecule has 5 nitrogen and oxygen atoms in total. The van der Waals surface area contributed by atoms with Crippen LogP contribution in [0.2, 0.25) is 0 Å². The van der Waals surface area contributed by atoms with Crippen LogP contribution in [0.1, 0.15) is 45.1 Å². The van der Waals surface area contributed by atoms with Gasteiger partial charge in [-0.2, -0.15) is 0 Å². The smallest absolute Gasteiger partial charge is 0.311 e. The minimum absolute atomic E-state index is 0.272. The van der Waals surface area contributed by atoms with Crippen molar-refractivity contribution < 1.29 is 19.1 Å². The third-order valence-corrected chi connectivity index (χ3v) is 4.73. The molecule has 0 spiro atoms. The van der Waals surface area contributed by atoms with E-state index in [1.807, 2.05) is 18.2 Å². The highest BCUT2D eigenvalue weighted by Gasteiger charge is 2.43. The lowest BCUT2D eigenvalue weighted by molar-refractivity contribution is -0.158. The highest BCUT2D eigenvalue weighted by atomic mass is 16.5. The van der Waals surface area contributed by atoms with Crippen LogP contribution in [0.15, 0.2) is 30.3 Å². The molecular formula is C21H31NO4. The van der Waals surface area contributed by atoms with Gasteiger partial charge in [0.25, 0.3) is 0 Å². The zero-order chi connectivity index (χ0) is 18.8. The van der Waals surface area contributed by atoms with Crippen molar-refractivity contribution >= 4 is 11.9 Å². The van der Waals surface area contributed by atoms with Gasteiger partial charge in [0, 0.05) is 19.6 Å². The van der Waals surface area contributed by atoms with Gasteiger partial charge in [0.2, 0.25) is 0 Å². The van der Waals surface area contributed by atoms with Crippen molar-refractivity contribution in [1.82, 2.24) is 4.90 Å². The molecule has 1 aromatic carbocycles. The summed E-state index contributed by atoms with van der Waals surface area (Å²) in [6, 6.07) is 10.1. The summed E-state index contributed by atoms with van der Waals surface area (Å²) in [5.74, 6) is -1.42. The molecule has 0 aliphatic carbocycles. The van der Waals surface area contributed by atoms with Gasteiger partial charge in [0.15, 0.2) is 0 Å². The van der Waals surface area contributed by atoms with Crippen molar-refractivity contribution in [2.45, 2.75) is 46.1 Å². The monoisotopic (exact) mass is 361 g/mol. The average molecular weight is 361 g/mol. The average Bonchev–Trinajstić information content (AvgIpc) is 3.07. The molecule has 0 bridgehead atoms. The molecule has 1 aliphatic rings. The van der Waals surface area contributed by atoms with E-state index in [2.05, 4.69) is 30.9 Å². The van der Waals surface area contributed by atoms with Crippen molar-refractivity contribution in [3.8, 4) is 0 Å². The Bertz CT molecular complexity index is 530. The summed E-state index contributed by atoms with van der Waals surface area (Å²) in [4.78, 5) is 27.2. The summed E-state index contributed by atoms with van der Waals surface area (Å²) in [7, 11) is 0. The van der Waals surface area contributed by atoms with E-state index in [4.69, 9.17) is 9.47 Å². The van der Waals surface area contributed by atoms with Crippen LogP contribution in [0.5, 0.6) is 0 Å². The Balaban J connectivity index is 1.99. The molecule has 0 amide bonds. The summed E-state index contributed by atoms with van der Waals surface area (Å²) in [5, 5.41) is 0. The number of ether oxygens (including phenoxy) is 2. The molecule has 0 radical (unpaired) electrons. The number of benzene rings is 1. The van der Waals surface area contributed by atoms with E-state index in [1.54, 1.807) is 0 Å². The van der Waals surface area contributed by atoms with Crippen LogP contribution in [0.4, 0.5) is 0 Å². The van der Waals surface area contributed by atoms with E-state index in [-0.39, 0.29) is 11.9 Å². The Morgan fingerprint density at radius 3 is 1.88 bits per heavy atom.